The van der Waals surface area contributed by atoms with Crippen LogP contribution in [0, 0.1) is 0 Å². The minimum Gasteiger partial charge on any atom is -0.497 e. The molecule has 0 aliphatic heterocycles. The maximum Gasteiger partial charge on any atom is 0.192 e. The molecule has 0 bridgehead atoms. The van der Waals surface area contributed by atoms with Crippen LogP contribution >= 0.6 is 11.8 Å². The Morgan fingerprint density at radius 2 is 1.73 bits per heavy atom. The van der Waals surface area contributed by atoms with Crippen molar-refractivity contribution in [2.24, 2.45) is 0 Å². The number of ether oxygens (including phenoxy) is 4. The van der Waals surface area contributed by atoms with Gasteiger partial charge in [0.25, 0.3) is 0 Å². The molecule has 3 rings (SSSR count). The van der Waals surface area contributed by atoms with E-state index in [1.807, 2.05) is 35.8 Å². The molecule has 1 unspecified atom stereocenters. The van der Waals surface area contributed by atoms with E-state index < -0.39 is 0 Å². The van der Waals surface area contributed by atoms with E-state index >= 15 is 0 Å². The smallest absolute Gasteiger partial charge is 0.192 e. The molecule has 9 heteroatoms. The summed E-state index contributed by atoms with van der Waals surface area (Å²) in [7, 11) is 4.71. The van der Waals surface area contributed by atoms with E-state index in [9.17, 15) is 4.79 Å². The van der Waals surface area contributed by atoms with Crippen molar-refractivity contribution in [3.8, 4) is 23.0 Å². The van der Waals surface area contributed by atoms with Crippen LogP contribution < -0.4 is 18.9 Å². The summed E-state index contributed by atoms with van der Waals surface area (Å²) in [6.45, 7) is 6.22. The van der Waals surface area contributed by atoms with Crippen LogP contribution in [0.15, 0.2) is 60.3 Å². The molecule has 33 heavy (non-hydrogen) atoms. The number of carbonyl (C=O) groups is 1. The molecule has 1 aromatic heterocycles. The number of methoxy groups -OCH3 is 3. The van der Waals surface area contributed by atoms with Gasteiger partial charge in [0.2, 0.25) is 0 Å². The van der Waals surface area contributed by atoms with Crippen LogP contribution in [0.25, 0.3) is 0 Å². The van der Waals surface area contributed by atoms with Crippen molar-refractivity contribution in [3.63, 3.8) is 0 Å². The molecular formula is C24H27N3O5S. The molecular weight excluding hydrogens is 442 g/mol. The van der Waals surface area contributed by atoms with E-state index in [-0.39, 0.29) is 17.6 Å². The molecule has 0 radical (unpaired) electrons. The van der Waals surface area contributed by atoms with E-state index in [1.165, 1.54) is 18.9 Å². The average molecular weight is 470 g/mol. The zero-order chi connectivity index (χ0) is 23.8. The Kier molecular flexibility index (Phi) is 8.37. The highest BCUT2D eigenvalue weighted by atomic mass is 32.2. The van der Waals surface area contributed by atoms with Crippen molar-refractivity contribution < 1.29 is 23.7 Å². The highest BCUT2D eigenvalue weighted by Crippen LogP contribution is 2.29. The number of Topliss-reactive ketones (excluding diaryl/α,β-unsaturated/α-hetero) is 1. The molecule has 174 valence electrons. The average Bonchev–Trinajstić information content (AvgIpc) is 3.25. The van der Waals surface area contributed by atoms with Crippen molar-refractivity contribution in [3.05, 3.63) is 66.5 Å². The Morgan fingerprint density at radius 3 is 2.36 bits per heavy atom. The molecule has 1 heterocycles. The highest BCUT2D eigenvalue weighted by Gasteiger charge is 2.20. The first-order chi connectivity index (χ1) is 16.0. The lowest BCUT2D eigenvalue weighted by atomic mass is 10.1. The van der Waals surface area contributed by atoms with Crippen LogP contribution in [0.2, 0.25) is 0 Å². The number of aromatic nitrogens is 3. The third kappa shape index (κ3) is 5.87. The molecule has 0 fully saturated rings. The number of carbonyl (C=O) groups excluding carboxylic acids is 1. The lowest BCUT2D eigenvalue weighted by Crippen LogP contribution is -2.12. The molecule has 0 N–H and O–H groups in total. The first kappa shape index (κ1) is 24.2. The molecule has 0 aliphatic carbocycles. The number of hydrogen-bond donors (Lipinski definition) is 0. The lowest BCUT2D eigenvalue weighted by molar-refractivity contribution is 0.102. The van der Waals surface area contributed by atoms with Crippen LogP contribution in [0.3, 0.4) is 0 Å². The Hall–Kier alpha value is -3.46. The lowest BCUT2D eigenvalue weighted by Gasteiger charge is -2.16. The van der Waals surface area contributed by atoms with Gasteiger partial charge in [-0.15, -0.1) is 16.8 Å². The highest BCUT2D eigenvalue weighted by molar-refractivity contribution is 7.99. The van der Waals surface area contributed by atoms with E-state index in [2.05, 4.69) is 16.8 Å². The molecule has 0 amide bonds. The third-order valence-electron chi connectivity index (χ3n) is 4.83. The number of nitrogens with zero attached hydrogens (tertiary/aromatic N) is 3. The second-order valence-corrected chi connectivity index (χ2v) is 7.90. The molecule has 0 spiro atoms. The number of benzene rings is 2. The Balaban J connectivity index is 1.72. The predicted molar refractivity (Wildman–Crippen MR) is 127 cm³/mol. The zero-order valence-electron chi connectivity index (χ0n) is 19.1. The number of rotatable bonds is 12. The summed E-state index contributed by atoms with van der Waals surface area (Å²) in [5.74, 6) is 3.30. The topological polar surface area (TPSA) is 84.7 Å². The summed E-state index contributed by atoms with van der Waals surface area (Å²) in [6.07, 6.45) is 1.40. The van der Waals surface area contributed by atoms with Gasteiger partial charge in [-0.1, -0.05) is 17.8 Å². The summed E-state index contributed by atoms with van der Waals surface area (Å²) in [5.41, 5.74) is 0.534. The van der Waals surface area contributed by atoms with Gasteiger partial charge in [-0.2, -0.15) is 0 Å². The van der Waals surface area contributed by atoms with Crippen LogP contribution in [0.1, 0.15) is 29.2 Å². The second-order valence-electron chi connectivity index (χ2n) is 6.96. The van der Waals surface area contributed by atoms with Gasteiger partial charge in [0.15, 0.2) is 34.4 Å². The minimum absolute atomic E-state index is 0.0572. The monoisotopic (exact) mass is 469 g/mol. The number of hydrogen-bond acceptors (Lipinski definition) is 8. The van der Waals surface area contributed by atoms with Gasteiger partial charge in [0.05, 0.1) is 27.1 Å². The maximum atomic E-state index is 12.8. The number of thioether (sulfide) groups is 1. The fraction of sp³-hybridized carbons (Fsp3) is 0.292. The van der Waals surface area contributed by atoms with Crippen molar-refractivity contribution in [2.75, 3.05) is 27.1 Å². The van der Waals surface area contributed by atoms with Gasteiger partial charge in [-0.05, 0) is 49.4 Å². The number of allylic oxidation sites excluding steroid dienone is 1. The maximum absolute atomic E-state index is 12.8. The summed E-state index contributed by atoms with van der Waals surface area (Å²) < 4.78 is 23.6. The van der Waals surface area contributed by atoms with Crippen LogP contribution in [-0.2, 0) is 6.54 Å². The van der Waals surface area contributed by atoms with Crippen molar-refractivity contribution >= 4 is 17.5 Å². The fourth-order valence-corrected chi connectivity index (χ4v) is 3.99. The molecule has 1 atom stereocenters. The van der Waals surface area contributed by atoms with Gasteiger partial charge in [-0.3, -0.25) is 9.36 Å². The van der Waals surface area contributed by atoms with E-state index in [0.717, 1.165) is 5.75 Å². The zero-order valence-corrected chi connectivity index (χ0v) is 19.9. The van der Waals surface area contributed by atoms with Crippen molar-refractivity contribution in [1.29, 1.82) is 0 Å². The first-order valence-corrected chi connectivity index (χ1v) is 11.2. The van der Waals surface area contributed by atoms with Gasteiger partial charge in [0, 0.05) is 12.1 Å². The largest absolute Gasteiger partial charge is 0.497 e. The fourth-order valence-electron chi connectivity index (χ4n) is 3.14. The normalized spacial score (nSPS) is 11.5. The van der Waals surface area contributed by atoms with Crippen LogP contribution in [-0.4, -0.2) is 47.6 Å². The van der Waals surface area contributed by atoms with Gasteiger partial charge in [0.1, 0.15) is 11.5 Å². The molecule has 0 aliphatic rings. The van der Waals surface area contributed by atoms with Crippen LogP contribution in [0.4, 0.5) is 0 Å². The van der Waals surface area contributed by atoms with E-state index in [0.29, 0.717) is 40.3 Å². The first-order valence-electron chi connectivity index (χ1n) is 10.2. The SMILES string of the molecule is C=CCn1c(SCC(=O)c2ccc(OC)c(OC)c2)nnc1C(C)Oc1ccc(OC)cc1. The number of ketones is 1. The third-order valence-corrected chi connectivity index (χ3v) is 5.80. The van der Waals surface area contributed by atoms with Gasteiger partial charge >= 0.3 is 0 Å². The molecule has 2 aromatic carbocycles. The summed E-state index contributed by atoms with van der Waals surface area (Å²) in [6, 6.07) is 12.4. The van der Waals surface area contributed by atoms with Crippen molar-refractivity contribution in [2.45, 2.75) is 24.7 Å². The van der Waals surface area contributed by atoms with Gasteiger partial charge in [-0.25, -0.2) is 0 Å². The summed E-state index contributed by atoms with van der Waals surface area (Å²) in [4.78, 5) is 12.8. The Morgan fingerprint density at radius 1 is 1.03 bits per heavy atom. The van der Waals surface area contributed by atoms with E-state index in [1.54, 1.807) is 38.5 Å². The molecule has 0 saturated heterocycles. The van der Waals surface area contributed by atoms with Crippen molar-refractivity contribution in [1.82, 2.24) is 14.8 Å². The summed E-state index contributed by atoms with van der Waals surface area (Å²) in [5, 5.41) is 9.21. The predicted octanol–water partition coefficient (Wildman–Crippen LogP) is 4.60. The Bertz CT molecular complexity index is 1100. The minimum atomic E-state index is -0.359. The molecule has 8 nitrogen and oxygen atoms in total. The van der Waals surface area contributed by atoms with Gasteiger partial charge < -0.3 is 18.9 Å². The van der Waals surface area contributed by atoms with E-state index in [4.69, 9.17) is 18.9 Å². The molecule has 0 saturated carbocycles. The molecule has 3 aromatic rings. The second kappa shape index (κ2) is 11.4. The summed E-state index contributed by atoms with van der Waals surface area (Å²) >= 11 is 1.31. The standard InChI is InChI=1S/C24H27N3O5S/c1-6-13-27-23(16(2)32-19-10-8-18(29-3)9-11-19)25-26-24(27)33-15-20(28)17-7-12-21(30-4)22(14-17)31-5/h6-12,14,16H,1,13,15H2,2-5H3. The quantitative estimate of drug-likeness (QED) is 0.216. The Labute approximate surface area is 197 Å². The van der Waals surface area contributed by atoms with Crippen LogP contribution in [0.5, 0.6) is 23.0 Å².